The van der Waals surface area contributed by atoms with Crippen molar-refractivity contribution in [1.82, 2.24) is 4.90 Å². The van der Waals surface area contributed by atoms with E-state index in [4.69, 9.17) is 9.47 Å². The van der Waals surface area contributed by atoms with Crippen molar-refractivity contribution in [2.45, 2.75) is 58.6 Å². The van der Waals surface area contributed by atoms with E-state index in [1.165, 1.54) is 0 Å². The Morgan fingerprint density at radius 1 is 1.35 bits per heavy atom. The molecule has 1 aliphatic rings. The van der Waals surface area contributed by atoms with Crippen LogP contribution in [0.3, 0.4) is 0 Å². The lowest BCUT2D eigenvalue weighted by Gasteiger charge is -2.35. The van der Waals surface area contributed by atoms with E-state index in [2.05, 4.69) is 6.92 Å². The van der Waals surface area contributed by atoms with E-state index in [-0.39, 0.29) is 12.1 Å². The average molecular weight is 243 g/mol. The molecule has 4 nitrogen and oxygen atoms in total. The summed E-state index contributed by atoms with van der Waals surface area (Å²) >= 11 is 0. The highest BCUT2D eigenvalue weighted by Crippen LogP contribution is 2.18. The first-order valence-corrected chi connectivity index (χ1v) is 6.51. The molecule has 17 heavy (non-hydrogen) atoms. The van der Waals surface area contributed by atoms with E-state index in [0.717, 1.165) is 39.0 Å². The highest BCUT2D eigenvalue weighted by molar-refractivity contribution is 5.68. The molecule has 100 valence electrons. The van der Waals surface area contributed by atoms with Crippen LogP contribution in [0, 0.1) is 0 Å². The molecule has 1 amide bonds. The Kier molecular flexibility index (Phi) is 5.25. The van der Waals surface area contributed by atoms with Crippen LogP contribution in [-0.2, 0) is 9.47 Å². The quantitative estimate of drug-likeness (QED) is 0.765. The molecule has 1 heterocycles. The summed E-state index contributed by atoms with van der Waals surface area (Å²) in [5, 5.41) is 0. The summed E-state index contributed by atoms with van der Waals surface area (Å²) in [5.41, 5.74) is -0.422. The first kappa shape index (κ1) is 14.3. The summed E-state index contributed by atoms with van der Waals surface area (Å²) in [5.74, 6) is 0. The molecule has 0 aliphatic carbocycles. The van der Waals surface area contributed by atoms with Crippen LogP contribution in [0.15, 0.2) is 0 Å². The van der Waals surface area contributed by atoms with Crippen molar-refractivity contribution < 1.29 is 14.3 Å². The molecule has 0 aromatic carbocycles. The van der Waals surface area contributed by atoms with Crippen molar-refractivity contribution >= 4 is 6.09 Å². The molecule has 1 rings (SSSR count). The zero-order valence-electron chi connectivity index (χ0n) is 11.5. The second kappa shape index (κ2) is 6.24. The van der Waals surface area contributed by atoms with Gasteiger partial charge in [-0.05, 0) is 40.0 Å². The van der Waals surface area contributed by atoms with Gasteiger partial charge < -0.3 is 14.4 Å². The number of nitrogens with zero attached hydrogens (tertiary/aromatic N) is 1. The van der Waals surface area contributed by atoms with Crippen LogP contribution >= 0.6 is 0 Å². The fraction of sp³-hybridized carbons (Fsp3) is 0.923. The molecule has 0 radical (unpaired) electrons. The van der Waals surface area contributed by atoms with Crippen molar-refractivity contribution in [2.75, 3.05) is 19.8 Å². The van der Waals surface area contributed by atoms with Crippen molar-refractivity contribution in [3.05, 3.63) is 0 Å². The summed E-state index contributed by atoms with van der Waals surface area (Å²) in [4.78, 5) is 14.0. The van der Waals surface area contributed by atoms with Crippen LogP contribution in [-0.4, -0.2) is 42.4 Å². The van der Waals surface area contributed by atoms with E-state index in [9.17, 15) is 4.79 Å². The minimum absolute atomic E-state index is 0.189. The van der Waals surface area contributed by atoms with Crippen LogP contribution in [0.5, 0.6) is 0 Å². The molecule has 0 saturated carbocycles. The van der Waals surface area contributed by atoms with Crippen molar-refractivity contribution in [1.29, 1.82) is 0 Å². The normalized spacial score (nSPS) is 17.9. The van der Waals surface area contributed by atoms with Crippen LogP contribution in [0.25, 0.3) is 0 Å². The molecule has 0 unspecified atom stereocenters. The number of ether oxygens (including phenoxy) is 2. The lowest BCUT2D eigenvalue weighted by atomic mass is 10.1. The van der Waals surface area contributed by atoms with E-state index in [1.807, 2.05) is 25.7 Å². The molecule has 0 aromatic rings. The van der Waals surface area contributed by atoms with E-state index in [0.29, 0.717) is 0 Å². The van der Waals surface area contributed by atoms with Gasteiger partial charge in [-0.3, -0.25) is 0 Å². The minimum Gasteiger partial charge on any atom is -0.444 e. The molecular formula is C13H25NO3. The summed E-state index contributed by atoms with van der Waals surface area (Å²) in [6.45, 7) is 10.0. The highest BCUT2D eigenvalue weighted by Gasteiger charge is 2.28. The van der Waals surface area contributed by atoms with Crippen molar-refractivity contribution in [2.24, 2.45) is 0 Å². The Bertz CT molecular complexity index is 242. The van der Waals surface area contributed by atoms with Gasteiger partial charge in [0.25, 0.3) is 0 Å². The number of amides is 1. The van der Waals surface area contributed by atoms with E-state index in [1.54, 1.807) is 0 Å². The van der Waals surface area contributed by atoms with Crippen LogP contribution in [0.4, 0.5) is 4.79 Å². The maximum atomic E-state index is 12.1. The standard InChI is InChI=1S/C13H25NO3/c1-5-8-14(11-6-9-16-10-7-11)12(15)17-13(2,3)4/h11H,5-10H2,1-4H3. The van der Waals surface area contributed by atoms with Gasteiger partial charge in [0.1, 0.15) is 5.60 Å². The van der Waals surface area contributed by atoms with Gasteiger partial charge in [-0.25, -0.2) is 4.79 Å². The van der Waals surface area contributed by atoms with Crippen LogP contribution in [0.1, 0.15) is 47.0 Å². The Balaban J connectivity index is 2.60. The van der Waals surface area contributed by atoms with Gasteiger partial charge in [0, 0.05) is 25.8 Å². The summed E-state index contributed by atoms with van der Waals surface area (Å²) in [6.07, 6.45) is 2.60. The zero-order chi connectivity index (χ0) is 12.9. The average Bonchev–Trinajstić information content (AvgIpc) is 2.24. The monoisotopic (exact) mass is 243 g/mol. The molecule has 0 bridgehead atoms. The number of hydrogen-bond donors (Lipinski definition) is 0. The second-order valence-electron chi connectivity index (χ2n) is 5.52. The first-order chi connectivity index (χ1) is 7.94. The Hall–Kier alpha value is -0.770. The number of rotatable bonds is 3. The molecule has 1 fully saturated rings. The Labute approximate surface area is 104 Å². The summed E-state index contributed by atoms with van der Waals surface area (Å²) in [6, 6.07) is 0.276. The Morgan fingerprint density at radius 3 is 2.41 bits per heavy atom. The fourth-order valence-corrected chi connectivity index (χ4v) is 1.98. The van der Waals surface area contributed by atoms with Gasteiger partial charge >= 0.3 is 6.09 Å². The molecule has 1 aliphatic heterocycles. The lowest BCUT2D eigenvalue weighted by Crippen LogP contribution is -2.46. The third-order valence-corrected chi connectivity index (χ3v) is 2.72. The largest absolute Gasteiger partial charge is 0.444 e. The molecule has 1 saturated heterocycles. The molecule has 4 heteroatoms. The lowest BCUT2D eigenvalue weighted by molar-refractivity contribution is -0.00554. The van der Waals surface area contributed by atoms with E-state index < -0.39 is 5.60 Å². The zero-order valence-corrected chi connectivity index (χ0v) is 11.5. The van der Waals surface area contributed by atoms with Gasteiger partial charge in [-0.15, -0.1) is 0 Å². The highest BCUT2D eigenvalue weighted by atomic mass is 16.6. The van der Waals surface area contributed by atoms with Crippen LogP contribution in [0.2, 0.25) is 0 Å². The molecule has 0 aromatic heterocycles. The molecule has 0 N–H and O–H groups in total. The summed E-state index contributed by atoms with van der Waals surface area (Å²) in [7, 11) is 0. The second-order valence-corrected chi connectivity index (χ2v) is 5.52. The number of carbonyl (C=O) groups is 1. The van der Waals surface area contributed by atoms with Gasteiger partial charge in [-0.1, -0.05) is 6.92 Å². The number of hydrogen-bond acceptors (Lipinski definition) is 3. The van der Waals surface area contributed by atoms with Gasteiger partial charge in [0.2, 0.25) is 0 Å². The van der Waals surface area contributed by atoms with Gasteiger partial charge in [0.15, 0.2) is 0 Å². The topological polar surface area (TPSA) is 38.8 Å². The third kappa shape index (κ3) is 4.94. The van der Waals surface area contributed by atoms with Gasteiger partial charge in [-0.2, -0.15) is 0 Å². The van der Waals surface area contributed by atoms with Crippen LogP contribution < -0.4 is 0 Å². The first-order valence-electron chi connectivity index (χ1n) is 6.51. The summed E-state index contributed by atoms with van der Waals surface area (Å²) < 4.78 is 10.8. The van der Waals surface area contributed by atoms with E-state index >= 15 is 0 Å². The smallest absolute Gasteiger partial charge is 0.410 e. The molecule has 0 atom stereocenters. The number of carbonyl (C=O) groups excluding carboxylic acids is 1. The predicted molar refractivity (Wildman–Crippen MR) is 67.1 cm³/mol. The molecular weight excluding hydrogens is 218 g/mol. The maximum absolute atomic E-state index is 12.1. The minimum atomic E-state index is -0.422. The maximum Gasteiger partial charge on any atom is 0.410 e. The third-order valence-electron chi connectivity index (χ3n) is 2.72. The van der Waals surface area contributed by atoms with Gasteiger partial charge in [0.05, 0.1) is 0 Å². The van der Waals surface area contributed by atoms with Crippen molar-refractivity contribution in [3.8, 4) is 0 Å². The Morgan fingerprint density at radius 2 is 1.94 bits per heavy atom. The molecule has 0 spiro atoms. The SMILES string of the molecule is CCCN(C(=O)OC(C)(C)C)C1CCOCC1. The fourth-order valence-electron chi connectivity index (χ4n) is 1.98. The predicted octanol–water partition coefficient (Wildman–Crippen LogP) is 2.81. The van der Waals surface area contributed by atoms with Crippen molar-refractivity contribution in [3.63, 3.8) is 0 Å².